The maximum atomic E-state index is 10.7. The van der Waals surface area contributed by atoms with Gasteiger partial charge in [0.05, 0.1) is 14.2 Å². The molecule has 2 heterocycles. The van der Waals surface area contributed by atoms with E-state index in [1.807, 2.05) is 6.92 Å². The van der Waals surface area contributed by atoms with E-state index in [4.69, 9.17) is 5.73 Å². The van der Waals surface area contributed by atoms with E-state index in [0.717, 1.165) is 25.8 Å². The van der Waals surface area contributed by atoms with Crippen molar-refractivity contribution in [2.75, 3.05) is 27.3 Å². The number of hydrogen-bond donors (Lipinski definition) is 2. The zero-order valence-corrected chi connectivity index (χ0v) is 16.0. The molecule has 0 bridgehead atoms. The molecule has 4 N–H and O–H groups in total. The average molecular weight is 416 g/mol. The highest BCUT2D eigenvalue weighted by molar-refractivity contribution is 6.21. The Balaban J connectivity index is -0.000000339. The molecule has 0 spiro atoms. The summed E-state index contributed by atoms with van der Waals surface area (Å²) in [6.45, 7) is 4.88. The minimum atomic E-state index is -0.954. The Morgan fingerprint density at radius 2 is 1.17 bits per heavy atom. The van der Waals surface area contributed by atoms with Crippen LogP contribution in [0.1, 0.15) is 21.3 Å². The van der Waals surface area contributed by atoms with Crippen LogP contribution in [0, 0.1) is 0 Å². The molecule has 2 aliphatic heterocycles. The fourth-order valence-electron chi connectivity index (χ4n) is 1.41. The molecule has 12 heteroatoms. The topological polar surface area (TPSA) is 179 Å². The number of primary amides is 1. The quantitative estimate of drug-likeness (QED) is 0.553. The lowest BCUT2D eigenvalue weighted by Gasteiger charge is -2.08. The van der Waals surface area contributed by atoms with Crippen LogP contribution in [0.25, 0.3) is 0 Å². The van der Waals surface area contributed by atoms with E-state index >= 15 is 0 Å². The fourth-order valence-corrected chi connectivity index (χ4v) is 1.41. The summed E-state index contributed by atoms with van der Waals surface area (Å²) < 4.78 is 8.07. The fraction of sp³-hybridized carbons (Fsp3) is 0.412. The Labute approximate surface area is 169 Å². The van der Waals surface area contributed by atoms with Crippen molar-refractivity contribution >= 4 is 35.8 Å². The predicted molar refractivity (Wildman–Crippen MR) is 103 cm³/mol. The summed E-state index contributed by atoms with van der Waals surface area (Å²) in [5.74, 6) is -1.74. The molecular weight excluding hydrogens is 388 g/mol. The van der Waals surface area contributed by atoms with Gasteiger partial charge in [0.1, 0.15) is 0 Å². The minimum absolute atomic E-state index is 0. The highest BCUT2D eigenvalue weighted by atomic mass is 16.5. The highest BCUT2D eigenvalue weighted by Crippen LogP contribution is 2.04. The van der Waals surface area contributed by atoms with Gasteiger partial charge in [-0.1, -0.05) is 14.4 Å². The molecule has 0 aromatic heterocycles. The molecule has 0 radical (unpaired) electrons. The number of rotatable bonds is 1. The molecule has 2 rings (SSSR count). The maximum Gasteiger partial charge on any atom is 0.423 e. The van der Waals surface area contributed by atoms with Gasteiger partial charge in [-0.2, -0.15) is 4.90 Å². The first-order chi connectivity index (χ1) is 13.1. The van der Waals surface area contributed by atoms with Gasteiger partial charge in [0.2, 0.25) is 0 Å². The van der Waals surface area contributed by atoms with Gasteiger partial charge in [-0.05, 0) is 13.5 Å². The number of amides is 6. The Kier molecular flexibility index (Phi) is 17.3. The molecule has 0 aliphatic carbocycles. The van der Waals surface area contributed by atoms with Crippen molar-refractivity contribution in [3.8, 4) is 0 Å². The lowest BCUT2D eigenvalue weighted by molar-refractivity contribution is -0.137. The number of carbonyl (C=O) groups excluding carboxylic acids is 6. The number of methoxy groups -OCH3 is 2. The van der Waals surface area contributed by atoms with Crippen molar-refractivity contribution < 1.29 is 38.2 Å². The zero-order valence-electron chi connectivity index (χ0n) is 16.0. The number of nitrogens with two attached hydrogens (primary N) is 2. The minimum Gasteiger partial charge on any atom is -0.453 e. The normalized spacial score (nSPS) is 13.3. The van der Waals surface area contributed by atoms with Crippen LogP contribution in [0.2, 0.25) is 0 Å². The summed E-state index contributed by atoms with van der Waals surface area (Å²) in [5, 5.41) is 0. The van der Waals surface area contributed by atoms with Crippen molar-refractivity contribution in [3.63, 3.8) is 0 Å². The Morgan fingerprint density at radius 3 is 1.38 bits per heavy atom. The third kappa shape index (κ3) is 11.7. The lowest BCUT2D eigenvalue weighted by Crippen LogP contribution is -2.35. The number of nitrogens with zero attached hydrogens (tertiary/aromatic N) is 2. The van der Waals surface area contributed by atoms with E-state index in [0.29, 0.717) is 11.4 Å². The van der Waals surface area contributed by atoms with Crippen LogP contribution in [-0.2, 0) is 28.7 Å². The first-order valence-corrected chi connectivity index (χ1v) is 7.82. The van der Waals surface area contributed by atoms with Crippen LogP contribution >= 0.6 is 0 Å². The lowest BCUT2D eigenvalue weighted by atomic mass is 10.5. The molecule has 0 saturated carbocycles. The van der Waals surface area contributed by atoms with Crippen molar-refractivity contribution in [3.05, 3.63) is 24.3 Å². The van der Waals surface area contributed by atoms with Crippen LogP contribution in [0.3, 0.4) is 0 Å². The number of imide groups is 4. The van der Waals surface area contributed by atoms with Crippen LogP contribution < -0.4 is 11.5 Å². The average Bonchev–Trinajstić information content (AvgIpc) is 3.16. The smallest absolute Gasteiger partial charge is 0.423 e. The van der Waals surface area contributed by atoms with E-state index < -0.39 is 24.0 Å². The van der Waals surface area contributed by atoms with Gasteiger partial charge in [0.15, 0.2) is 0 Å². The maximum absolute atomic E-state index is 10.7. The zero-order chi connectivity index (χ0) is 22.3. The Bertz CT molecular complexity index is 622. The summed E-state index contributed by atoms with van der Waals surface area (Å²) in [5.41, 5.74) is 9.28. The summed E-state index contributed by atoms with van der Waals surface area (Å²) in [6, 6.07) is 0. The van der Waals surface area contributed by atoms with Crippen molar-refractivity contribution in [1.82, 2.24) is 9.80 Å². The first kappa shape index (κ1) is 30.2. The van der Waals surface area contributed by atoms with Crippen molar-refractivity contribution in [1.29, 1.82) is 0 Å². The SMILES string of the molecule is C.CCN.CCN1C(=O)C=CC1=O.COC(=O)N1C(=O)C=CC1=O.COC(N)=O. The van der Waals surface area contributed by atoms with Crippen molar-refractivity contribution in [2.45, 2.75) is 21.3 Å². The van der Waals surface area contributed by atoms with Crippen LogP contribution in [0.4, 0.5) is 9.59 Å². The molecule has 2 aliphatic rings. The van der Waals surface area contributed by atoms with Crippen molar-refractivity contribution in [2.24, 2.45) is 11.5 Å². The number of carbonyl (C=O) groups is 6. The van der Waals surface area contributed by atoms with Gasteiger partial charge in [0, 0.05) is 30.8 Å². The van der Waals surface area contributed by atoms with Crippen LogP contribution in [0.5, 0.6) is 0 Å². The molecule has 29 heavy (non-hydrogen) atoms. The molecule has 0 aromatic rings. The Morgan fingerprint density at radius 1 is 0.862 bits per heavy atom. The van der Waals surface area contributed by atoms with E-state index in [9.17, 15) is 28.8 Å². The van der Waals surface area contributed by atoms with Gasteiger partial charge < -0.3 is 20.9 Å². The van der Waals surface area contributed by atoms with E-state index in [2.05, 4.69) is 15.2 Å². The van der Waals surface area contributed by atoms with Gasteiger partial charge in [-0.15, -0.1) is 0 Å². The Hall–Kier alpha value is -3.54. The summed E-state index contributed by atoms with van der Waals surface area (Å²) >= 11 is 0. The molecule has 0 fully saturated rings. The standard InChI is InChI=1S/C6H5NO4.C6H7NO2.C2H5NO2.C2H7N.CH4/c1-11-6(10)7-4(8)2-3-5(7)9;1-2-7-5(8)3-4-6(7)9;1-5-2(3)4;1-2-3;/h2-3H,1H3;3-4H,2H2,1H3;1H3,(H2,3,4);2-3H2,1H3;1H4. The van der Waals surface area contributed by atoms with E-state index in [-0.39, 0.29) is 19.2 Å². The van der Waals surface area contributed by atoms with E-state index in [1.54, 1.807) is 6.92 Å². The molecule has 0 saturated heterocycles. The van der Waals surface area contributed by atoms with Crippen LogP contribution in [0.15, 0.2) is 24.3 Å². The van der Waals surface area contributed by atoms with Crippen LogP contribution in [-0.4, -0.2) is 72.9 Å². The highest BCUT2D eigenvalue weighted by Gasteiger charge is 2.30. The molecule has 6 amide bonds. The summed E-state index contributed by atoms with van der Waals surface area (Å²) in [7, 11) is 2.32. The largest absolute Gasteiger partial charge is 0.453 e. The molecule has 0 unspecified atom stereocenters. The number of likely N-dealkylation sites (N-methyl/N-ethyl adjacent to an activating group) is 1. The van der Waals surface area contributed by atoms with Gasteiger partial charge in [0.25, 0.3) is 23.6 Å². The second kappa shape index (κ2) is 16.6. The summed E-state index contributed by atoms with van der Waals surface area (Å²) in [6.07, 6.45) is 2.89. The predicted octanol–water partition coefficient (Wildman–Crippen LogP) is -0.0783. The molecule has 12 nitrogen and oxygen atoms in total. The molecule has 0 aromatic carbocycles. The third-order valence-corrected chi connectivity index (χ3v) is 2.58. The van der Waals surface area contributed by atoms with Gasteiger partial charge in [-0.3, -0.25) is 24.1 Å². The number of hydrogen-bond acceptors (Lipinski definition) is 9. The molecule has 0 atom stereocenters. The second-order valence-electron chi connectivity index (χ2n) is 4.50. The summed E-state index contributed by atoms with van der Waals surface area (Å²) in [4.78, 5) is 64.3. The molecule has 164 valence electrons. The third-order valence-electron chi connectivity index (χ3n) is 2.58. The molecular formula is C17H28N4O8. The second-order valence-corrected chi connectivity index (χ2v) is 4.50. The monoisotopic (exact) mass is 416 g/mol. The first-order valence-electron chi connectivity index (χ1n) is 7.82. The number of ether oxygens (including phenoxy) is 2. The van der Waals surface area contributed by atoms with Gasteiger partial charge in [-0.25, -0.2) is 9.59 Å². The van der Waals surface area contributed by atoms with E-state index in [1.165, 1.54) is 24.2 Å². The van der Waals surface area contributed by atoms with Gasteiger partial charge >= 0.3 is 12.2 Å².